The Hall–Kier alpha value is -0.900. The first kappa shape index (κ1) is 13.5. The van der Waals surface area contributed by atoms with Crippen molar-refractivity contribution in [1.82, 2.24) is 5.32 Å². The van der Waals surface area contributed by atoms with Gasteiger partial charge in [0.15, 0.2) is 11.3 Å². The standard InChI is InChI=1S/C9H13FN2O5S/c1-2(13)6-5(14)3(10)4-7(17-6)18-8(11-4)12-9(15)16/h2-7,13-14H,1H3,(H,11,12)(H,15,16)/t2-,3+,4+,5-,6+,7+/m0/s1. The fourth-order valence-corrected chi connectivity index (χ4v) is 2.99. The third kappa shape index (κ3) is 2.44. The normalized spacial score (nSPS) is 40.9. The van der Waals surface area contributed by atoms with Gasteiger partial charge in [-0.25, -0.2) is 9.18 Å². The molecule has 1 saturated heterocycles. The van der Waals surface area contributed by atoms with E-state index in [1.807, 2.05) is 5.32 Å². The van der Waals surface area contributed by atoms with Gasteiger partial charge in [0.25, 0.3) is 0 Å². The number of carbonyl (C=O) groups is 1. The quantitative estimate of drug-likeness (QED) is 0.517. The molecule has 2 aliphatic heterocycles. The predicted molar refractivity (Wildman–Crippen MR) is 61.2 cm³/mol. The second-order valence-electron chi connectivity index (χ2n) is 4.12. The number of aliphatic hydroxyl groups is 2. The zero-order chi connectivity index (χ0) is 13.4. The van der Waals surface area contributed by atoms with Crippen LogP contribution in [0, 0.1) is 0 Å². The average Bonchev–Trinajstić information content (AvgIpc) is 2.65. The molecule has 7 nitrogen and oxygen atoms in total. The van der Waals surface area contributed by atoms with E-state index in [1.165, 1.54) is 6.92 Å². The van der Waals surface area contributed by atoms with Crippen LogP contribution < -0.4 is 5.32 Å². The number of carboxylic acid groups (broad SMARTS) is 1. The number of fused-ring (bicyclic) bond motifs is 1. The van der Waals surface area contributed by atoms with Crippen molar-refractivity contribution >= 4 is 23.0 Å². The van der Waals surface area contributed by atoms with Crippen LogP contribution in [0.4, 0.5) is 9.18 Å². The largest absolute Gasteiger partial charge is 0.465 e. The van der Waals surface area contributed by atoms with Crippen molar-refractivity contribution < 1.29 is 29.2 Å². The number of rotatable bonds is 1. The molecule has 0 aromatic heterocycles. The molecule has 0 radical (unpaired) electrons. The second-order valence-corrected chi connectivity index (χ2v) is 5.20. The molecule has 4 N–H and O–H groups in total. The molecule has 0 unspecified atom stereocenters. The van der Waals surface area contributed by atoms with Gasteiger partial charge in [0.05, 0.1) is 6.10 Å². The first-order valence-corrected chi connectivity index (χ1v) is 6.18. The molecule has 0 aromatic rings. The van der Waals surface area contributed by atoms with E-state index in [9.17, 15) is 19.4 Å². The minimum Gasteiger partial charge on any atom is -0.465 e. The monoisotopic (exact) mass is 280 g/mol. The van der Waals surface area contributed by atoms with Crippen molar-refractivity contribution in [1.29, 1.82) is 0 Å². The summed E-state index contributed by atoms with van der Waals surface area (Å²) in [4.78, 5) is 14.3. The lowest BCUT2D eigenvalue weighted by molar-refractivity contribution is -0.165. The fourth-order valence-electron chi connectivity index (χ4n) is 1.91. The highest BCUT2D eigenvalue weighted by Gasteiger charge is 2.50. The Labute approximate surface area is 106 Å². The zero-order valence-corrected chi connectivity index (χ0v) is 10.2. The lowest BCUT2D eigenvalue weighted by Crippen LogP contribution is -2.56. The first-order chi connectivity index (χ1) is 8.40. The Morgan fingerprint density at radius 3 is 2.89 bits per heavy atom. The number of thioether (sulfide) groups is 1. The van der Waals surface area contributed by atoms with E-state index in [-0.39, 0.29) is 5.17 Å². The third-order valence-corrected chi connectivity index (χ3v) is 3.80. The smallest absolute Gasteiger partial charge is 0.410 e. The third-order valence-electron chi connectivity index (χ3n) is 2.74. The van der Waals surface area contributed by atoms with E-state index in [4.69, 9.17) is 9.84 Å². The van der Waals surface area contributed by atoms with Crippen molar-refractivity contribution in [2.24, 2.45) is 4.99 Å². The van der Waals surface area contributed by atoms with Crippen LogP contribution in [0.5, 0.6) is 0 Å². The van der Waals surface area contributed by atoms with Gasteiger partial charge in [0, 0.05) is 0 Å². The molecule has 6 atom stereocenters. The molecule has 2 aliphatic rings. The highest BCUT2D eigenvalue weighted by atomic mass is 32.2. The minimum absolute atomic E-state index is 0.0265. The lowest BCUT2D eigenvalue weighted by atomic mass is 9.97. The summed E-state index contributed by atoms with van der Waals surface area (Å²) < 4.78 is 19.3. The molecule has 0 spiro atoms. The maximum absolute atomic E-state index is 13.9. The van der Waals surface area contributed by atoms with Crippen LogP contribution in [-0.4, -0.2) is 62.5 Å². The molecular weight excluding hydrogens is 267 g/mol. The Morgan fingerprint density at radius 2 is 2.33 bits per heavy atom. The number of nitrogens with one attached hydrogen (secondary N) is 1. The van der Waals surface area contributed by atoms with E-state index in [2.05, 4.69) is 4.99 Å². The van der Waals surface area contributed by atoms with Gasteiger partial charge in [-0.2, -0.15) is 0 Å². The average molecular weight is 280 g/mol. The summed E-state index contributed by atoms with van der Waals surface area (Å²) in [6, 6.07) is -0.971. The number of aliphatic imine (C=N–C) groups is 1. The summed E-state index contributed by atoms with van der Waals surface area (Å²) in [6.45, 7) is 1.39. The maximum Gasteiger partial charge on any atom is 0.410 e. The summed E-state index contributed by atoms with van der Waals surface area (Å²) >= 11 is 0.923. The highest BCUT2D eigenvalue weighted by molar-refractivity contribution is 8.14. The minimum atomic E-state index is -1.70. The van der Waals surface area contributed by atoms with Crippen LogP contribution in [0.3, 0.4) is 0 Å². The lowest BCUT2D eigenvalue weighted by Gasteiger charge is -2.38. The van der Waals surface area contributed by atoms with E-state index in [0.29, 0.717) is 0 Å². The van der Waals surface area contributed by atoms with E-state index < -0.39 is 42.1 Å². The summed E-state index contributed by atoms with van der Waals surface area (Å²) in [5, 5.41) is 29.6. The number of hydrogen-bond donors (Lipinski definition) is 4. The fraction of sp³-hybridized carbons (Fsp3) is 0.778. The Kier molecular flexibility index (Phi) is 3.76. The SMILES string of the molecule is C[C@H](O)[C@H]1O[C@@H]2SC(NC(=O)O)=N[C@@H]2[C@@H](F)[C@@H]1O. The number of halogens is 1. The van der Waals surface area contributed by atoms with Crippen LogP contribution in [0.15, 0.2) is 4.99 Å². The molecule has 0 aliphatic carbocycles. The molecule has 0 aromatic carbocycles. The van der Waals surface area contributed by atoms with Crippen LogP contribution >= 0.6 is 11.8 Å². The van der Waals surface area contributed by atoms with Gasteiger partial charge in [-0.15, -0.1) is 0 Å². The molecule has 102 valence electrons. The van der Waals surface area contributed by atoms with Gasteiger partial charge in [0.2, 0.25) is 0 Å². The maximum atomic E-state index is 13.9. The predicted octanol–water partition coefficient (Wildman–Crippen LogP) is -0.470. The molecule has 18 heavy (non-hydrogen) atoms. The van der Waals surface area contributed by atoms with Crippen LogP contribution in [-0.2, 0) is 4.74 Å². The van der Waals surface area contributed by atoms with Gasteiger partial charge < -0.3 is 20.1 Å². The summed E-state index contributed by atoms with van der Waals surface area (Å²) in [5.74, 6) is 0. The molecule has 9 heteroatoms. The molecule has 1 fully saturated rings. The summed E-state index contributed by atoms with van der Waals surface area (Å²) in [5.41, 5.74) is -0.746. The summed E-state index contributed by atoms with van der Waals surface area (Å²) in [7, 11) is 0. The number of amidine groups is 1. The van der Waals surface area contributed by atoms with Crippen molar-refractivity contribution in [2.75, 3.05) is 0 Å². The number of hydrogen-bond acceptors (Lipinski definition) is 6. The van der Waals surface area contributed by atoms with Crippen molar-refractivity contribution in [3.05, 3.63) is 0 Å². The molecule has 0 bridgehead atoms. The second kappa shape index (κ2) is 5.00. The first-order valence-electron chi connectivity index (χ1n) is 5.30. The highest BCUT2D eigenvalue weighted by Crippen LogP contribution is 2.37. The molecular formula is C9H13FN2O5S. The molecule has 1 amide bonds. The molecule has 2 rings (SSSR count). The van der Waals surface area contributed by atoms with E-state index in [0.717, 1.165) is 11.8 Å². The molecule has 0 saturated carbocycles. The number of aliphatic hydroxyl groups excluding tert-OH is 2. The number of ether oxygens (including phenoxy) is 1. The van der Waals surface area contributed by atoms with Crippen molar-refractivity contribution in [3.8, 4) is 0 Å². The van der Waals surface area contributed by atoms with Gasteiger partial charge in [-0.1, -0.05) is 11.8 Å². The Balaban J connectivity index is 2.11. The Morgan fingerprint density at radius 1 is 1.67 bits per heavy atom. The van der Waals surface area contributed by atoms with Crippen molar-refractivity contribution in [2.45, 2.75) is 42.9 Å². The Bertz CT molecular complexity index is 380. The van der Waals surface area contributed by atoms with Gasteiger partial charge in [0.1, 0.15) is 23.7 Å². The van der Waals surface area contributed by atoms with Gasteiger partial charge >= 0.3 is 6.09 Å². The number of nitrogens with zero attached hydrogens (tertiary/aromatic N) is 1. The van der Waals surface area contributed by atoms with Crippen molar-refractivity contribution in [3.63, 3.8) is 0 Å². The van der Waals surface area contributed by atoms with Crippen LogP contribution in [0.25, 0.3) is 0 Å². The molecule has 2 heterocycles. The van der Waals surface area contributed by atoms with E-state index >= 15 is 0 Å². The number of amides is 1. The van der Waals surface area contributed by atoms with E-state index in [1.54, 1.807) is 0 Å². The van der Waals surface area contributed by atoms with Crippen LogP contribution in [0.2, 0.25) is 0 Å². The summed E-state index contributed by atoms with van der Waals surface area (Å²) in [6.07, 6.45) is -6.57. The topological polar surface area (TPSA) is 111 Å². The number of alkyl halides is 1. The zero-order valence-electron chi connectivity index (χ0n) is 9.36. The van der Waals surface area contributed by atoms with Gasteiger partial charge in [-0.3, -0.25) is 10.3 Å². The van der Waals surface area contributed by atoms with Gasteiger partial charge in [-0.05, 0) is 6.92 Å². The van der Waals surface area contributed by atoms with Crippen LogP contribution in [0.1, 0.15) is 6.92 Å².